The third kappa shape index (κ3) is 4.42. The monoisotopic (exact) mass is 359 g/mol. The molecule has 0 aliphatic carbocycles. The maximum atomic E-state index is 12.3. The zero-order chi connectivity index (χ0) is 17.8. The Kier molecular flexibility index (Phi) is 5.82. The lowest BCUT2D eigenvalue weighted by molar-refractivity contribution is -0.118. The number of hydrogen-bond acceptors (Lipinski definition) is 5. The number of aromatic nitrogens is 1. The SMILES string of the molecule is O=C(C[C@@H]1OC[C@@H]2CN(CC3CCOCC3)CC[C@@H]21)Nc1cccnc1. The van der Waals surface area contributed by atoms with E-state index in [4.69, 9.17) is 9.47 Å². The highest BCUT2D eigenvalue weighted by atomic mass is 16.5. The highest BCUT2D eigenvalue weighted by Gasteiger charge is 2.41. The fraction of sp³-hybridized carbons (Fsp3) is 0.700. The molecule has 1 N–H and O–H groups in total. The molecule has 6 heteroatoms. The number of carbonyl (C=O) groups is 1. The molecule has 4 rings (SSSR count). The molecule has 0 bridgehead atoms. The van der Waals surface area contributed by atoms with E-state index >= 15 is 0 Å². The Morgan fingerprint density at radius 1 is 1.31 bits per heavy atom. The molecule has 0 spiro atoms. The van der Waals surface area contributed by atoms with Crippen LogP contribution >= 0.6 is 0 Å². The van der Waals surface area contributed by atoms with Crippen LogP contribution in [0.15, 0.2) is 24.5 Å². The van der Waals surface area contributed by atoms with Gasteiger partial charge in [-0.1, -0.05) is 0 Å². The van der Waals surface area contributed by atoms with Crippen LogP contribution in [0.25, 0.3) is 0 Å². The van der Waals surface area contributed by atoms with Crippen LogP contribution in [0.1, 0.15) is 25.7 Å². The molecule has 1 aromatic heterocycles. The van der Waals surface area contributed by atoms with Gasteiger partial charge in [-0.2, -0.15) is 0 Å². The number of amides is 1. The summed E-state index contributed by atoms with van der Waals surface area (Å²) in [5, 5.41) is 2.92. The standard InChI is InChI=1S/C20H29N3O3/c24-20(22-17-2-1-6-21-11-17)10-19-18-3-7-23(13-16(18)14-26-19)12-15-4-8-25-9-5-15/h1-2,6,11,15-16,18-19H,3-5,7-10,12-14H2,(H,22,24)/t16-,18-,19-/m0/s1. The number of anilines is 1. The Bertz CT molecular complexity index is 591. The van der Waals surface area contributed by atoms with Crippen molar-refractivity contribution in [3.05, 3.63) is 24.5 Å². The van der Waals surface area contributed by atoms with Crippen molar-refractivity contribution >= 4 is 11.6 Å². The van der Waals surface area contributed by atoms with Crippen LogP contribution in [0.4, 0.5) is 5.69 Å². The first-order valence-electron chi connectivity index (χ1n) is 9.89. The van der Waals surface area contributed by atoms with E-state index in [-0.39, 0.29) is 12.0 Å². The molecule has 0 saturated carbocycles. The van der Waals surface area contributed by atoms with Gasteiger partial charge in [-0.05, 0) is 49.8 Å². The number of carbonyl (C=O) groups excluding carboxylic acids is 1. The van der Waals surface area contributed by atoms with Gasteiger partial charge in [0.25, 0.3) is 0 Å². The van der Waals surface area contributed by atoms with Gasteiger partial charge in [0.1, 0.15) is 0 Å². The van der Waals surface area contributed by atoms with Gasteiger partial charge in [0, 0.05) is 38.4 Å². The number of nitrogens with zero attached hydrogens (tertiary/aromatic N) is 2. The number of piperidine rings is 1. The predicted molar refractivity (Wildman–Crippen MR) is 98.8 cm³/mol. The minimum Gasteiger partial charge on any atom is -0.381 e. The molecule has 0 radical (unpaired) electrons. The number of hydrogen-bond donors (Lipinski definition) is 1. The second-order valence-electron chi connectivity index (χ2n) is 7.89. The molecule has 4 heterocycles. The summed E-state index contributed by atoms with van der Waals surface area (Å²) < 4.78 is 11.5. The summed E-state index contributed by atoms with van der Waals surface area (Å²) in [4.78, 5) is 19.0. The summed E-state index contributed by atoms with van der Waals surface area (Å²) in [7, 11) is 0. The molecule has 3 aliphatic heterocycles. The van der Waals surface area contributed by atoms with E-state index in [1.165, 1.54) is 19.4 Å². The molecule has 1 amide bonds. The molecule has 3 saturated heterocycles. The first kappa shape index (κ1) is 17.9. The van der Waals surface area contributed by atoms with Gasteiger partial charge in [0.05, 0.1) is 31.0 Å². The largest absolute Gasteiger partial charge is 0.381 e. The first-order chi connectivity index (χ1) is 12.8. The van der Waals surface area contributed by atoms with Crippen LogP contribution in [0.3, 0.4) is 0 Å². The Labute approximate surface area is 155 Å². The van der Waals surface area contributed by atoms with Crippen molar-refractivity contribution in [1.82, 2.24) is 9.88 Å². The van der Waals surface area contributed by atoms with E-state index in [9.17, 15) is 4.79 Å². The highest BCUT2D eigenvalue weighted by molar-refractivity contribution is 5.90. The van der Waals surface area contributed by atoms with E-state index in [1.54, 1.807) is 12.4 Å². The molecular weight excluding hydrogens is 330 g/mol. The maximum absolute atomic E-state index is 12.3. The number of fused-ring (bicyclic) bond motifs is 1. The number of rotatable bonds is 5. The van der Waals surface area contributed by atoms with Crippen LogP contribution in [0, 0.1) is 17.8 Å². The van der Waals surface area contributed by atoms with E-state index < -0.39 is 0 Å². The first-order valence-corrected chi connectivity index (χ1v) is 9.89. The third-order valence-corrected chi connectivity index (χ3v) is 6.07. The Balaban J connectivity index is 1.25. The van der Waals surface area contributed by atoms with Gasteiger partial charge in [-0.3, -0.25) is 9.78 Å². The van der Waals surface area contributed by atoms with Crippen molar-refractivity contribution in [2.24, 2.45) is 17.8 Å². The van der Waals surface area contributed by atoms with Gasteiger partial charge in [-0.25, -0.2) is 0 Å². The van der Waals surface area contributed by atoms with Crippen LogP contribution in [-0.2, 0) is 14.3 Å². The molecule has 26 heavy (non-hydrogen) atoms. The molecule has 0 aromatic carbocycles. The smallest absolute Gasteiger partial charge is 0.227 e. The van der Waals surface area contributed by atoms with E-state index in [2.05, 4.69) is 15.2 Å². The number of ether oxygens (including phenoxy) is 2. The molecule has 0 unspecified atom stereocenters. The van der Waals surface area contributed by atoms with E-state index in [0.717, 1.165) is 50.9 Å². The second-order valence-corrected chi connectivity index (χ2v) is 7.89. The van der Waals surface area contributed by atoms with Crippen molar-refractivity contribution in [3.63, 3.8) is 0 Å². The lowest BCUT2D eigenvalue weighted by Gasteiger charge is -2.38. The zero-order valence-corrected chi connectivity index (χ0v) is 15.3. The Morgan fingerprint density at radius 3 is 3.00 bits per heavy atom. The normalized spacial score (nSPS) is 30.1. The van der Waals surface area contributed by atoms with E-state index in [0.29, 0.717) is 18.3 Å². The predicted octanol–water partition coefficient (Wildman–Crippen LogP) is 2.17. The maximum Gasteiger partial charge on any atom is 0.227 e. The van der Waals surface area contributed by atoms with Crippen molar-refractivity contribution in [2.45, 2.75) is 31.8 Å². The summed E-state index contributed by atoms with van der Waals surface area (Å²) in [5.74, 6) is 1.89. The summed E-state index contributed by atoms with van der Waals surface area (Å²) in [6.45, 7) is 6.06. The lowest BCUT2D eigenvalue weighted by Crippen LogP contribution is -2.44. The zero-order valence-electron chi connectivity index (χ0n) is 15.3. The fourth-order valence-corrected chi connectivity index (χ4v) is 4.66. The quantitative estimate of drug-likeness (QED) is 0.873. The van der Waals surface area contributed by atoms with Crippen molar-refractivity contribution in [3.8, 4) is 0 Å². The highest BCUT2D eigenvalue weighted by Crippen LogP contribution is 2.36. The Hall–Kier alpha value is -1.50. The van der Waals surface area contributed by atoms with E-state index in [1.807, 2.05) is 12.1 Å². The molecule has 142 valence electrons. The average molecular weight is 359 g/mol. The molecule has 3 fully saturated rings. The second kappa shape index (κ2) is 8.46. The van der Waals surface area contributed by atoms with Crippen molar-refractivity contribution in [2.75, 3.05) is 44.8 Å². The average Bonchev–Trinajstić information content (AvgIpc) is 3.05. The number of nitrogens with one attached hydrogen (secondary N) is 1. The van der Waals surface area contributed by atoms with Crippen LogP contribution in [-0.4, -0.2) is 61.3 Å². The van der Waals surface area contributed by atoms with Gasteiger partial charge >= 0.3 is 0 Å². The summed E-state index contributed by atoms with van der Waals surface area (Å²) in [6, 6.07) is 3.68. The summed E-state index contributed by atoms with van der Waals surface area (Å²) >= 11 is 0. The summed E-state index contributed by atoms with van der Waals surface area (Å²) in [5.41, 5.74) is 0.748. The van der Waals surface area contributed by atoms with Crippen LogP contribution < -0.4 is 5.32 Å². The molecule has 3 aliphatic rings. The lowest BCUT2D eigenvalue weighted by atomic mass is 9.82. The number of pyridine rings is 1. The van der Waals surface area contributed by atoms with Crippen LogP contribution in [0.5, 0.6) is 0 Å². The minimum absolute atomic E-state index is 0.0216. The molecule has 3 atom stereocenters. The van der Waals surface area contributed by atoms with Crippen LogP contribution in [0.2, 0.25) is 0 Å². The molecular formula is C20H29N3O3. The molecule has 1 aromatic rings. The molecule has 6 nitrogen and oxygen atoms in total. The van der Waals surface area contributed by atoms with Gasteiger partial charge in [-0.15, -0.1) is 0 Å². The minimum atomic E-state index is 0.0216. The van der Waals surface area contributed by atoms with Crippen molar-refractivity contribution < 1.29 is 14.3 Å². The van der Waals surface area contributed by atoms with Crippen molar-refractivity contribution in [1.29, 1.82) is 0 Å². The topological polar surface area (TPSA) is 63.7 Å². The summed E-state index contributed by atoms with van der Waals surface area (Å²) in [6.07, 6.45) is 7.40. The van der Waals surface area contributed by atoms with Gasteiger partial charge < -0.3 is 19.7 Å². The fourth-order valence-electron chi connectivity index (χ4n) is 4.66. The Morgan fingerprint density at radius 2 is 2.19 bits per heavy atom. The number of likely N-dealkylation sites (tertiary alicyclic amines) is 1. The van der Waals surface area contributed by atoms with Gasteiger partial charge in [0.2, 0.25) is 5.91 Å². The van der Waals surface area contributed by atoms with Gasteiger partial charge in [0.15, 0.2) is 0 Å². The third-order valence-electron chi connectivity index (χ3n) is 6.07.